The molecule has 0 spiro atoms. The van der Waals surface area contributed by atoms with Gasteiger partial charge in [-0.3, -0.25) is 18.7 Å². The number of nitrogens with zero attached hydrogens (tertiary/aromatic N) is 3. The van der Waals surface area contributed by atoms with E-state index < -0.39 is 6.04 Å². The summed E-state index contributed by atoms with van der Waals surface area (Å²) in [6, 6.07) is 5.27. The predicted octanol–water partition coefficient (Wildman–Crippen LogP) is 2.19. The summed E-state index contributed by atoms with van der Waals surface area (Å²) in [5, 5.41) is 2.61. The van der Waals surface area contributed by atoms with Crippen molar-refractivity contribution in [2.45, 2.75) is 57.4 Å². The van der Waals surface area contributed by atoms with Crippen LogP contribution in [0, 0.1) is 5.92 Å². The highest BCUT2D eigenvalue weighted by molar-refractivity contribution is 5.84. The SMILES string of the molecule is CNC(=O)C(CCC=O)n1c(=O)n(C)c2cc(CCCCC3CCN(C=O)CC3)ccc21. The molecule has 1 fully saturated rings. The molecule has 2 heterocycles. The summed E-state index contributed by atoms with van der Waals surface area (Å²) in [4.78, 5) is 48.9. The standard InChI is InChI=1S/C24H34N4O4/c1-25-23(31)21(8-5-15-29)28-20-10-9-19(16-22(20)26(2)24(28)32)7-4-3-6-18-11-13-27(17-30)14-12-18/h9-10,15-18,21H,3-8,11-14H2,1-2H3,(H,25,31). The van der Waals surface area contributed by atoms with Crippen LogP contribution in [0.25, 0.3) is 11.0 Å². The van der Waals surface area contributed by atoms with Gasteiger partial charge in [-0.05, 0) is 55.7 Å². The number of amides is 2. The third kappa shape index (κ3) is 5.29. The normalized spacial score (nSPS) is 15.6. The van der Waals surface area contributed by atoms with Crippen LogP contribution in [0.15, 0.2) is 23.0 Å². The number of aldehydes is 1. The number of fused-ring (bicyclic) bond motifs is 1. The highest BCUT2D eigenvalue weighted by Gasteiger charge is 2.25. The first-order valence-electron chi connectivity index (χ1n) is 11.5. The summed E-state index contributed by atoms with van der Waals surface area (Å²) >= 11 is 0. The number of carbonyl (C=O) groups excluding carboxylic acids is 3. The molecule has 8 nitrogen and oxygen atoms in total. The van der Waals surface area contributed by atoms with Crippen molar-refractivity contribution in [2.24, 2.45) is 13.0 Å². The minimum atomic E-state index is -0.710. The zero-order chi connectivity index (χ0) is 23.1. The van der Waals surface area contributed by atoms with Crippen LogP contribution in [0.4, 0.5) is 0 Å². The first-order valence-corrected chi connectivity index (χ1v) is 11.5. The van der Waals surface area contributed by atoms with Gasteiger partial charge >= 0.3 is 5.69 Å². The van der Waals surface area contributed by atoms with E-state index in [1.165, 1.54) is 23.6 Å². The van der Waals surface area contributed by atoms with Crippen LogP contribution in [0.3, 0.4) is 0 Å². The van der Waals surface area contributed by atoms with Gasteiger partial charge in [0, 0.05) is 33.6 Å². The first kappa shape index (κ1) is 23.8. The van der Waals surface area contributed by atoms with Gasteiger partial charge in [0.1, 0.15) is 12.3 Å². The zero-order valence-electron chi connectivity index (χ0n) is 19.1. The molecule has 1 aromatic carbocycles. The third-order valence-electron chi connectivity index (χ3n) is 6.70. The number of aromatic nitrogens is 2. The van der Waals surface area contributed by atoms with Crippen molar-refractivity contribution >= 4 is 29.6 Å². The third-order valence-corrected chi connectivity index (χ3v) is 6.70. The average molecular weight is 443 g/mol. The highest BCUT2D eigenvalue weighted by atomic mass is 16.2. The van der Waals surface area contributed by atoms with Gasteiger partial charge in [-0.1, -0.05) is 18.9 Å². The fraction of sp³-hybridized carbons (Fsp3) is 0.583. The predicted molar refractivity (Wildman–Crippen MR) is 123 cm³/mol. The molecule has 1 N–H and O–H groups in total. The largest absolute Gasteiger partial charge is 0.357 e. The number of hydrogen-bond donors (Lipinski definition) is 1. The molecule has 0 radical (unpaired) electrons. The van der Waals surface area contributed by atoms with E-state index in [4.69, 9.17) is 0 Å². The number of aryl methyl sites for hydroxylation is 2. The van der Waals surface area contributed by atoms with Crippen LogP contribution in [0.5, 0.6) is 0 Å². The number of carbonyl (C=O) groups is 3. The van der Waals surface area contributed by atoms with E-state index >= 15 is 0 Å². The molecule has 1 atom stereocenters. The van der Waals surface area contributed by atoms with Crippen LogP contribution in [0.2, 0.25) is 0 Å². The Morgan fingerprint density at radius 1 is 1.19 bits per heavy atom. The van der Waals surface area contributed by atoms with E-state index in [0.717, 1.165) is 63.4 Å². The summed E-state index contributed by atoms with van der Waals surface area (Å²) in [6.07, 6.45) is 8.77. The summed E-state index contributed by atoms with van der Waals surface area (Å²) in [6.45, 7) is 1.75. The minimum Gasteiger partial charge on any atom is -0.357 e. The topological polar surface area (TPSA) is 93.4 Å². The number of piperidine rings is 1. The summed E-state index contributed by atoms with van der Waals surface area (Å²) in [7, 11) is 3.26. The second kappa shape index (κ2) is 11.1. The summed E-state index contributed by atoms with van der Waals surface area (Å²) < 4.78 is 3.09. The molecule has 1 aliphatic heterocycles. The van der Waals surface area contributed by atoms with Gasteiger partial charge in [0.05, 0.1) is 11.0 Å². The average Bonchev–Trinajstić information content (AvgIpc) is 3.07. The lowest BCUT2D eigenvalue weighted by Crippen LogP contribution is -2.36. The Bertz CT molecular complexity index is 1000. The fourth-order valence-corrected chi connectivity index (χ4v) is 4.74. The number of likely N-dealkylation sites (N-methyl/N-ethyl adjacent to an activating group) is 1. The van der Waals surface area contributed by atoms with Gasteiger partial charge in [-0.2, -0.15) is 0 Å². The second-order valence-corrected chi connectivity index (χ2v) is 8.74. The number of imidazole rings is 1. The maximum Gasteiger partial charge on any atom is 0.329 e. The van der Waals surface area contributed by atoms with E-state index in [2.05, 4.69) is 5.32 Å². The molecule has 1 aromatic heterocycles. The van der Waals surface area contributed by atoms with Crippen molar-refractivity contribution in [3.05, 3.63) is 34.2 Å². The van der Waals surface area contributed by atoms with Crippen LogP contribution < -0.4 is 11.0 Å². The number of nitrogens with one attached hydrogen (secondary N) is 1. The number of hydrogen-bond acceptors (Lipinski definition) is 4. The molecule has 1 saturated heterocycles. The maximum atomic E-state index is 12.9. The Morgan fingerprint density at radius 2 is 1.94 bits per heavy atom. The molecule has 2 amide bonds. The van der Waals surface area contributed by atoms with Gasteiger partial charge < -0.3 is 15.0 Å². The molecule has 0 aliphatic carbocycles. The maximum absolute atomic E-state index is 12.9. The van der Waals surface area contributed by atoms with Gasteiger partial charge in [0.15, 0.2) is 0 Å². The Kier molecular flexibility index (Phi) is 8.25. The van der Waals surface area contributed by atoms with E-state index in [9.17, 15) is 19.2 Å². The minimum absolute atomic E-state index is 0.215. The lowest BCUT2D eigenvalue weighted by molar-refractivity contribution is -0.124. The summed E-state index contributed by atoms with van der Waals surface area (Å²) in [5.74, 6) is 0.432. The van der Waals surface area contributed by atoms with Crippen LogP contribution in [-0.2, 0) is 27.9 Å². The van der Waals surface area contributed by atoms with Gasteiger partial charge in [0.2, 0.25) is 12.3 Å². The molecule has 32 heavy (non-hydrogen) atoms. The number of likely N-dealkylation sites (tertiary alicyclic amines) is 1. The van der Waals surface area contributed by atoms with Crippen molar-refractivity contribution in [1.29, 1.82) is 0 Å². The number of unbranched alkanes of at least 4 members (excludes halogenated alkanes) is 1. The Labute approximate surface area is 188 Å². The van der Waals surface area contributed by atoms with Crippen LogP contribution >= 0.6 is 0 Å². The lowest BCUT2D eigenvalue weighted by Gasteiger charge is -2.29. The molecular formula is C24H34N4O4. The lowest BCUT2D eigenvalue weighted by atomic mass is 9.91. The second-order valence-electron chi connectivity index (χ2n) is 8.74. The molecule has 3 rings (SSSR count). The monoisotopic (exact) mass is 442 g/mol. The molecule has 1 unspecified atom stereocenters. The highest BCUT2D eigenvalue weighted by Crippen LogP contribution is 2.24. The van der Waals surface area contributed by atoms with E-state index in [0.29, 0.717) is 11.4 Å². The fourth-order valence-electron chi connectivity index (χ4n) is 4.74. The molecule has 2 aromatic rings. The van der Waals surface area contributed by atoms with Crippen molar-refractivity contribution in [3.63, 3.8) is 0 Å². The zero-order valence-corrected chi connectivity index (χ0v) is 19.1. The smallest absolute Gasteiger partial charge is 0.329 e. The van der Waals surface area contributed by atoms with E-state index in [1.54, 1.807) is 11.6 Å². The molecule has 0 saturated carbocycles. The van der Waals surface area contributed by atoms with Crippen molar-refractivity contribution in [1.82, 2.24) is 19.4 Å². The Morgan fingerprint density at radius 3 is 2.59 bits per heavy atom. The molecule has 8 heteroatoms. The van der Waals surface area contributed by atoms with Crippen LogP contribution in [0.1, 0.15) is 56.6 Å². The van der Waals surface area contributed by atoms with Crippen LogP contribution in [-0.4, -0.2) is 52.8 Å². The van der Waals surface area contributed by atoms with E-state index in [1.807, 2.05) is 23.1 Å². The van der Waals surface area contributed by atoms with Gasteiger partial charge in [-0.15, -0.1) is 0 Å². The Balaban J connectivity index is 1.67. The molecular weight excluding hydrogens is 408 g/mol. The quantitative estimate of drug-likeness (QED) is 0.426. The Hall–Kier alpha value is -2.90. The van der Waals surface area contributed by atoms with Gasteiger partial charge in [0.25, 0.3) is 0 Å². The number of benzene rings is 1. The number of rotatable bonds is 11. The molecule has 174 valence electrons. The van der Waals surface area contributed by atoms with Crippen molar-refractivity contribution in [2.75, 3.05) is 20.1 Å². The summed E-state index contributed by atoms with van der Waals surface area (Å²) in [5.41, 5.74) is 2.43. The van der Waals surface area contributed by atoms with Crippen molar-refractivity contribution < 1.29 is 14.4 Å². The van der Waals surface area contributed by atoms with Gasteiger partial charge in [-0.25, -0.2) is 4.79 Å². The first-order chi connectivity index (χ1) is 15.5. The molecule has 0 bridgehead atoms. The molecule has 1 aliphatic rings. The van der Waals surface area contributed by atoms with E-state index in [-0.39, 0.29) is 24.4 Å². The van der Waals surface area contributed by atoms with Crippen molar-refractivity contribution in [3.8, 4) is 0 Å².